The number of hydrogen-bond donors (Lipinski definition) is 1. The first kappa shape index (κ1) is 25.9. The van der Waals surface area contributed by atoms with E-state index in [0.29, 0.717) is 18.3 Å². The Morgan fingerprint density at radius 2 is 1.90 bits per heavy atom. The first-order chi connectivity index (χ1) is 14.9. The molecule has 1 aromatic carbocycles. The Hall–Kier alpha value is -1.32. The molecule has 1 aliphatic rings. The molecule has 1 N–H and O–H groups in total. The molecular formula is C27H41ClO3. The lowest BCUT2D eigenvalue weighted by Crippen LogP contribution is -2.13. The Balaban J connectivity index is 1.83. The SMILES string of the molecule is CCCCCC(O)c1ccc([C@@H]2[C@@H](CC=CCCCC(=O)OC(C)C)CC[C@@H]2Cl)cc1. The van der Waals surface area contributed by atoms with Crippen molar-refractivity contribution in [2.24, 2.45) is 5.92 Å². The van der Waals surface area contributed by atoms with Crippen LogP contribution in [0.4, 0.5) is 0 Å². The molecule has 1 aromatic rings. The number of rotatable bonds is 13. The zero-order valence-corrected chi connectivity index (χ0v) is 20.3. The molecule has 4 heteroatoms. The van der Waals surface area contributed by atoms with E-state index in [1.165, 1.54) is 18.4 Å². The minimum Gasteiger partial charge on any atom is -0.463 e. The highest BCUT2D eigenvalue weighted by Crippen LogP contribution is 2.45. The Bertz CT molecular complexity index is 668. The van der Waals surface area contributed by atoms with E-state index in [-0.39, 0.29) is 23.6 Å². The van der Waals surface area contributed by atoms with Crippen molar-refractivity contribution in [3.8, 4) is 0 Å². The summed E-state index contributed by atoms with van der Waals surface area (Å²) in [6.45, 7) is 5.94. The van der Waals surface area contributed by atoms with Crippen molar-refractivity contribution in [1.29, 1.82) is 0 Å². The van der Waals surface area contributed by atoms with E-state index in [1.54, 1.807) is 0 Å². The highest BCUT2D eigenvalue weighted by atomic mass is 35.5. The lowest BCUT2D eigenvalue weighted by atomic mass is 9.85. The fraction of sp³-hybridized carbons (Fsp3) is 0.667. The summed E-state index contributed by atoms with van der Waals surface area (Å²) in [5.74, 6) is 0.798. The van der Waals surface area contributed by atoms with Crippen LogP contribution in [-0.4, -0.2) is 22.6 Å². The van der Waals surface area contributed by atoms with Crippen LogP contribution < -0.4 is 0 Å². The molecule has 1 saturated carbocycles. The van der Waals surface area contributed by atoms with E-state index in [2.05, 4.69) is 43.3 Å². The van der Waals surface area contributed by atoms with E-state index in [4.69, 9.17) is 16.3 Å². The van der Waals surface area contributed by atoms with Crippen molar-refractivity contribution in [3.63, 3.8) is 0 Å². The van der Waals surface area contributed by atoms with Crippen molar-refractivity contribution >= 4 is 17.6 Å². The van der Waals surface area contributed by atoms with Crippen LogP contribution in [0.25, 0.3) is 0 Å². The Labute approximate surface area is 194 Å². The molecule has 0 heterocycles. The number of hydrogen-bond acceptors (Lipinski definition) is 3. The lowest BCUT2D eigenvalue weighted by molar-refractivity contribution is -0.147. The molecule has 1 unspecified atom stereocenters. The first-order valence-corrected chi connectivity index (χ1v) is 12.6. The number of allylic oxidation sites excluding steroid dienone is 2. The smallest absolute Gasteiger partial charge is 0.306 e. The van der Waals surface area contributed by atoms with E-state index in [0.717, 1.165) is 50.5 Å². The van der Waals surface area contributed by atoms with Gasteiger partial charge in [0.1, 0.15) is 0 Å². The summed E-state index contributed by atoms with van der Waals surface area (Å²) in [6, 6.07) is 8.50. The number of carbonyl (C=O) groups excluding carboxylic acids is 1. The number of halogens is 1. The molecule has 1 aliphatic carbocycles. The van der Waals surface area contributed by atoms with Crippen molar-refractivity contribution < 1.29 is 14.6 Å². The zero-order valence-electron chi connectivity index (χ0n) is 19.6. The predicted octanol–water partition coefficient (Wildman–Crippen LogP) is 7.47. The number of aliphatic hydroxyl groups is 1. The second kappa shape index (κ2) is 14.0. The number of ether oxygens (including phenoxy) is 1. The van der Waals surface area contributed by atoms with Gasteiger partial charge in [0, 0.05) is 17.7 Å². The third kappa shape index (κ3) is 8.98. The van der Waals surface area contributed by atoms with Crippen LogP contribution in [0, 0.1) is 5.92 Å². The molecule has 31 heavy (non-hydrogen) atoms. The summed E-state index contributed by atoms with van der Waals surface area (Å²) in [4.78, 5) is 11.6. The largest absolute Gasteiger partial charge is 0.463 e. The molecule has 174 valence electrons. The highest BCUT2D eigenvalue weighted by molar-refractivity contribution is 6.21. The number of carbonyl (C=O) groups is 1. The van der Waals surface area contributed by atoms with E-state index in [9.17, 15) is 9.90 Å². The van der Waals surface area contributed by atoms with Gasteiger partial charge in [0.15, 0.2) is 0 Å². The van der Waals surface area contributed by atoms with Gasteiger partial charge >= 0.3 is 5.97 Å². The van der Waals surface area contributed by atoms with E-state index in [1.807, 2.05) is 13.8 Å². The van der Waals surface area contributed by atoms with Crippen LogP contribution in [0.5, 0.6) is 0 Å². The minimum absolute atomic E-state index is 0.0378. The van der Waals surface area contributed by atoms with Crippen LogP contribution in [0.2, 0.25) is 0 Å². The normalized spacial score (nSPS) is 22.3. The summed E-state index contributed by atoms with van der Waals surface area (Å²) in [5.41, 5.74) is 2.30. The Morgan fingerprint density at radius 1 is 1.16 bits per heavy atom. The fourth-order valence-corrected chi connectivity index (χ4v) is 5.02. The van der Waals surface area contributed by atoms with Crippen molar-refractivity contribution in [3.05, 3.63) is 47.5 Å². The van der Waals surface area contributed by atoms with Crippen LogP contribution in [0.15, 0.2) is 36.4 Å². The second-order valence-corrected chi connectivity index (χ2v) is 9.76. The van der Waals surface area contributed by atoms with Crippen molar-refractivity contribution in [1.82, 2.24) is 0 Å². The molecule has 0 bridgehead atoms. The van der Waals surface area contributed by atoms with Gasteiger partial charge in [-0.2, -0.15) is 0 Å². The van der Waals surface area contributed by atoms with Gasteiger partial charge in [-0.15, -0.1) is 11.6 Å². The van der Waals surface area contributed by atoms with Crippen molar-refractivity contribution in [2.75, 3.05) is 0 Å². The molecule has 0 radical (unpaired) electrons. The minimum atomic E-state index is -0.368. The van der Waals surface area contributed by atoms with Gasteiger partial charge in [-0.05, 0) is 69.4 Å². The first-order valence-electron chi connectivity index (χ1n) is 12.2. The monoisotopic (exact) mass is 448 g/mol. The number of unbranched alkanes of at least 4 members (excludes halogenated alkanes) is 3. The van der Waals surface area contributed by atoms with Gasteiger partial charge in [-0.3, -0.25) is 4.79 Å². The summed E-state index contributed by atoms with van der Waals surface area (Å²) < 4.78 is 5.17. The zero-order chi connectivity index (χ0) is 22.6. The molecule has 3 nitrogen and oxygen atoms in total. The molecular weight excluding hydrogens is 408 g/mol. The molecule has 4 atom stereocenters. The maximum atomic E-state index is 11.6. The third-order valence-electron chi connectivity index (χ3n) is 6.22. The number of alkyl halides is 1. The Kier molecular flexibility index (Phi) is 11.7. The maximum absolute atomic E-state index is 11.6. The summed E-state index contributed by atoms with van der Waals surface area (Å²) in [6.07, 6.45) is 13.7. The summed E-state index contributed by atoms with van der Waals surface area (Å²) >= 11 is 6.71. The van der Waals surface area contributed by atoms with E-state index >= 15 is 0 Å². The van der Waals surface area contributed by atoms with Gasteiger partial charge in [-0.1, -0.05) is 62.6 Å². The van der Waals surface area contributed by atoms with Gasteiger partial charge in [0.2, 0.25) is 0 Å². The van der Waals surface area contributed by atoms with Gasteiger partial charge in [-0.25, -0.2) is 0 Å². The predicted molar refractivity (Wildman–Crippen MR) is 129 cm³/mol. The highest BCUT2D eigenvalue weighted by Gasteiger charge is 2.35. The average molecular weight is 449 g/mol. The maximum Gasteiger partial charge on any atom is 0.306 e. The molecule has 2 rings (SSSR count). The number of aliphatic hydroxyl groups excluding tert-OH is 1. The summed E-state index contributed by atoms with van der Waals surface area (Å²) in [7, 11) is 0. The quantitative estimate of drug-likeness (QED) is 0.147. The van der Waals surface area contributed by atoms with Gasteiger partial charge in [0.05, 0.1) is 12.2 Å². The molecule has 0 saturated heterocycles. The van der Waals surface area contributed by atoms with Gasteiger partial charge in [0.25, 0.3) is 0 Å². The fourth-order valence-electron chi connectivity index (χ4n) is 4.54. The second-order valence-electron chi connectivity index (χ2n) is 9.20. The molecule has 0 spiro atoms. The molecule has 0 aliphatic heterocycles. The lowest BCUT2D eigenvalue weighted by Gasteiger charge is -2.22. The van der Waals surface area contributed by atoms with Crippen molar-refractivity contribution in [2.45, 2.75) is 108 Å². The number of esters is 1. The summed E-state index contributed by atoms with van der Waals surface area (Å²) in [5, 5.41) is 10.6. The van der Waals surface area contributed by atoms with Crippen LogP contribution in [0.3, 0.4) is 0 Å². The van der Waals surface area contributed by atoms with Crippen LogP contribution in [-0.2, 0) is 9.53 Å². The topological polar surface area (TPSA) is 46.5 Å². The van der Waals surface area contributed by atoms with Crippen LogP contribution >= 0.6 is 11.6 Å². The number of benzene rings is 1. The molecule has 1 fully saturated rings. The van der Waals surface area contributed by atoms with Crippen LogP contribution in [0.1, 0.15) is 108 Å². The standard InChI is InChI=1S/C27H41ClO3/c1-4-5-8-12-25(29)21-14-16-23(17-15-21)27-22(18-19-24(27)28)11-9-6-7-10-13-26(30)31-20(2)3/h6,9,14-17,20,22,24-25,27,29H,4-5,7-8,10-13,18-19H2,1-3H3/t22-,24-,25?,27-/m0/s1. The molecule has 0 aromatic heterocycles. The average Bonchev–Trinajstić information content (AvgIpc) is 3.10. The van der Waals surface area contributed by atoms with Gasteiger partial charge < -0.3 is 9.84 Å². The third-order valence-corrected chi connectivity index (χ3v) is 6.71. The Morgan fingerprint density at radius 3 is 2.58 bits per heavy atom. The van der Waals surface area contributed by atoms with E-state index < -0.39 is 0 Å². The molecule has 0 amide bonds.